The van der Waals surface area contributed by atoms with Crippen molar-refractivity contribution in [1.29, 1.82) is 0 Å². The average molecular weight is 241 g/mol. The highest BCUT2D eigenvalue weighted by molar-refractivity contribution is 4.96. The third-order valence-corrected chi connectivity index (χ3v) is 4.31. The van der Waals surface area contributed by atoms with Crippen molar-refractivity contribution in [3.8, 4) is 0 Å². The molecule has 2 fully saturated rings. The summed E-state index contributed by atoms with van der Waals surface area (Å²) in [5.74, 6) is 0.704. The Balaban J connectivity index is 2.05. The summed E-state index contributed by atoms with van der Waals surface area (Å²) in [7, 11) is 2.09. The summed E-state index contributed by atoms with van der Waals surface area (Å²) in [6.45, 7) is 9.52. The minimum atomic E-state index is 0.0310. The van der Waals surface area contributed by atoms with Gasteiger partial charge in [0.2, 0.25) is 0 Å². The molecule has 2 rings (SSSR count). The van der Waals surface area contributed by atoms with Crippen LogP contribution in [-0.2, 0) is 9.47 Å². The van der Waals surface area contributed by atoms with Crippen LogP contribution in [0.2, 0.25) is 0 Å². The Morgan fingerprint density at radius 3 is 2.59 bits per heavy atom. The molecule has 0 radical (unpaired) electrons. The van der Waals surface area contributed by atoms with Gasteiger partial charge in [0.05, 0.1) is 12.2 Å². The fraction of sp³-hybridized carbons (Fsp3) is 1.00. The van der Waals surface area contributed by atoms with Crippen LogP contribution in [0.4, 0.5) is 0 Å². The molecule has 2 aliphatic heterocycles. The van der Waals surface area contributed by atoms with Crippen LogP contribution in [0.1, 0.15) is 40.0 Å². The summed E-state index contributed by atoms with van der Waals surface area (Å²) in [6.07, 6.45) is 3.39. The molecule has 3 unspecified atom stereocenters. The van der Waals surface area contributed by atoms with Crippen LogP contribution in [0, 0.1) is 11.3 Å². The van der Waals surface area contributed by atoms with Crippen LogP contribution in [0.25, 0.3) is 0 Å². The van der Waals surface area contributed by atoms with E-state index in [1.165, 1.54) is 6.42 Å². The Morgan fingerprint density at radius 2 is 2.06 bits per heavy atom. The van der Waals surface area contributed by atoms with E-state index in [-0.39, 0.29) is 5.60 Å². The van der Waals surface area contributed by atoms with Crippen molar-refractivity contribution in [3.05, 3.63) is 0 Å². The Hall–Kier alpha value is -0.120. The monoisotopic (exact) mass is 241 g/mol. The summed E-state index contributed by atoms with van der Waals surface area (Å²) in [5.41, 5.74) is 0.334. The lowest BCUT2D eigenvalue weighted by Crippen LogP contribution is -2.51. The van der Waals surface area contributed by atoms with Gasteiger partial charge in [0.25, 0.3) is 0 Å². The smallest absolute Gasteiger partial charge is 0.0939 e. The van der Waals surface area contributed by atoms with E-state index < -0.39 is 0 Å². The first-order valence-electron chi connectivity index (χ1n) is 6.86. The zero-order valence-electron chi connectivity index (χ0n) is 11.7. The molecular weight excluding hydrogens is 214 g/mol. The van der Waals surface area contributed by atoms with Crippen LogP contribution in [0.15, 0.2) is 0 Å². The summed E-state index contributed by atoms with van der Waals surface area (Å²) in [4.78, 5) is 0. The fourth-order valence-electron chi connectivity index (χ4n) is 3.59. The average Bonchev–Trinajstić information content (AvgIpc) is 2.65. The molecule has 1 spiro atoms. The van der Waals surface area contributed by atoms with Crippen molar-refractivity contribution >= 4 is 0 Å². The Kier molecular flexibility index (Phi) is 3.81. The Morgan fingerprint density at radius 1 is 1.29 bits per heavy atom. The van der Waals surface area contributed by atoms with E-state index in [0.717, 1.165) is 32.7 Å². The van der Waals surface area contributed by atoms with Crippen molar-refractivity contribution < 1.29 is 9.47 Å². The second-order valence-corrected chi connectivity index (χ2v) is 6.72. The first-order chi connectivity index (χ1) is 7.97. The third kappa shape index (κ3) is 2.83. The third-order valence-electron chi connectivity index (χ3n) is 4.31. The minimum Gasteiger partial charge on any atom is -0.378 e. The predicted octanol–water partition coefficient (Wildman–Crippen LogP) is 2.21. The first kappa shape index (κ1) is 13.3. The lowest BCUT2D eigenvalue weighted by atomic mass is 9.72. The molecule has 2 heterocycles. The van der Waals surface area contributed by atoms with Crippen LogP contribution in [0.3, 0.4) is 0 Å². The van der Waals surface area contributed by atoms with Gasteiger partial charge < -0.3 is 14.8 Å². The Labute approximate surface area is 105 Å². The molecule has 0 aromatic carbocycles. The number of hydrogen-bond donors (Lipinski definition) is 1. The van der Waals surface area contributed by atoms with Gasteiger partial charge >= 0.3 is 0 Å². The number of nitrogens with one attached hydrogen (secondary N) is 1. The quantitative estimate of drug-likeness (QED) is 0.804. The summed E-state index contributed by atoms with van der Waals surface area (Å²) in [5, 5.41) is 3.52. The molecular formula is C14H27NO2. The van der Waals surface area contributed by atoms with Crippen molar-refractivity contribution in [2.45, 2.75) is 51.7 Å². The number of hydrogen-bond acceptors (Lipinski definition) is 3. The molecule has 0 aliphatic carbocycles. The molecule has 0 aromatic rings. The standard InChI is InChI=1S/C14H27NO2/c1-13(2,3)12(15-4)11-5-7-17-14(9-11)6-8-16-10-14/h11-12,15H,5-10H2,1-4H3. The van der Waals surface area contributed by atoms with Crippen molar-refractivity contribution in [3.63, 3.8) is 0 Å². The largest absolute Gasteiger partial charge is 0.378 e. The summed E-state index contributed by atoms with van der Waals surface area (Å²) < 4.78 is 11.6. The lowest BCUT2D eigenvalue weighted by Gasteiger charge is -2.44. The van der Waals surface area contributed by atoms with Gasteiger partial charge in [-0.25, -0.2) is 0 Å². The fourth-order valence-corrected chi connectivity index (χ4v) is 3.59. The maximum atomic E-state index is 6.01. The molecule has 2 saturated heterocycles. The van der Waals surface area contributed by atoms with Crippen molar-refractivity contribution in [2.75, 3.05) is 26.9 Å². The highest BCUT2D eigenvalue weighted by atomic mass is 16.6. The van der Waals surface area contributed by atoms with Gasteiger partial charge in [0.15, 0.2) is 0 Å². The Bertz CT molecular complexity index is 253. The van der Waals surface area contributed by atoms with Gasteiger partial charge in [-0.15, -0.1) is 0 Å². The van der Waals surface area contributed by atoms with E-state index in [1.807, 2.05) is 0 Å². The van der Waals surface area contributed by atoms with Crippen LogP contribution < -0.4 is 5.32 Å². The second-order valence-electron chi connectivity index (χ2n) is 6.72. The molecule has 0 amide bonds. The first-order valence-corrected chi connectivity index (χ1v) is 6.86. The zero-order valence-corrected chi connectivity index (χ0v) is 11.7. The van der Waals surface area contributed by atoms with Gasteiger partial charge in [0.1, 0.15) is 0 Å². The molecule has 2 aliphatic rings. The zero-order chi connectivity index (χ0) is 12.5. The van der Waals surface area contributed by atoms with Crippen LogP contribution in [-0.4, -0.2) is 38.5 Å². The van der Waals surface area contributed by atoms with E-state index in [0.29, 0.717) is 17.4 Å². The molecule has 3 heteroatoms. The number of rotatable bonds is 2. The molecule has 3 nitrogen and oxygen atoms in total. The molecule has 0 bridgehead atoms. The number of ether oxygens (including phenoxy) is 2. The van der Waals surface area contributed by atoms with Gasteiger partial charge in [-0.3, -0.25) is 0 Å². The van der Waals surface area contributed by atoms with E-state index in [9.17, 15) is 0 Å². The maximum absolute atomic E-state index is 6.01. The van der Waals surface area contributed by atoms with Crippen LogP contribution >= 0.6 is 0 Å². The normalized spacial score (nSPS) is 36.4. The topological polar surface area (TPSA) is 30.5 Å². The summed E-state index contributed by atoms with van der Waals surface area (Å²) in [6, 6.07) is 0.559. The van der Waals surface area contributed by atoms with Gasteiger partial charge in [-0.1, -0.05) is 20.8 Å². The molecule has 1 N–H and O–H groups in total. The van der Waals surface area contributed by atoms with Crippen molar-refractivity contribution in [1.82, 2.24) is 5.32 Å². The molecule has 17 heavy (non-hydrogen) atoms. The summed E-state index contributed by atoms with van der Waals surface area (Å²) >= 11 is 0. The lowest BCUT2D eigenvalue weighted by molar-refractivity contribution is -0.108. The predicted molar refractivity (Wildman–Crippen MR) is 69.1 cm³/mol. The maximum Gasteiger partial charge on any atom is 0.0939 e. The molecule has 100 valence electrons. The highest BCUT2D eigenvalue weighted by Crippen LogP contribution is 2.40. The van der Waals surface area contributed by atoms with E-state index in [4.69, 9.17) is 9.47 Å². The van der Waals surface area contributed by atoms with Gasteiger partial charge in [-0.05, 0) is 31.2 Å². The molecule has 0 aromatic heterocycles. The van der Waals surface area contributed by atoms with E-state index in [1.54, 1.807) is 0 Å². The van der Waals surface area contributed by atoms with Gasteiger partial charge in [0, 0.05) is 25.7 Å². The molecule has 3 atom stereocenters. The van der Waals surface area contributed by atoms with Gasteiger partial charge in [-0.2, -0.15) is 0 Å². The molecule has 0 saturated carbocycles. The SMILES string of the molecule is CNC(C1CCOC2(CCOC2)C1)C(C)(C)C. The minimum absolute atomic E-state index is 0.0310. The van der Waals surface area contributed by atoms with E-state index >= 15 is 0 Å². The highest BCUT2D eigenvalue weighted by Gasteiger charge is 2.44. The van der Waals surface area contributed by atoms with Crippen molar-refractivity contribution in [2.24, 2.45) is 11.3 Å². The van der Waals surface area contributed by atoms with E-state index in [2.05, 4.69) is 33.1 Å². The second kappa shape index (κ2) is 4.87. The van der Waals surface area contributed by atoms with Crippen LogP contribution in [0.5, 0.6) is 0 Å².